The Labute approximate surface area is 124 Å². The lowest BCUT2D eigenvalue weighted by molar-refractivity contribution is -0.133. The normalized spacial score (nSPS) is 23.2. The SMILES string of the molecule is CC1NC(=O)C(C)N(c2c(Cl)ccc3nsnc23)C1=O. The van der Waals surface area contributed by atoms with Crippen LogP contribution in [0.15, 0.2) is 12.1 Å². The first kappa shape index (κ1) is 13.3. The van der Waals surface area contributed by atoms with Gasteiger partial charge in [-0.05, 0) is 26.0 Å². The molecule has 8 heteroatoms. The molecule has 0 aliphatic carbocycles. The highest BCUT2D eigenvalue weighted by Crippen LogP contribution is 2.35. The van der Waals surface area contributed by atoms with Crippen LogP contribution in [0, 0.1) is 0 Å². The third kappa shape index (κ3) is 1.85. The highest BCUT2D eigenvalue weighted by atomic mass is 35.5. The Hall–Kier alpha value is -1.73. The van der Waals surface area contributed by atoms with Gasteiger partial charge in [0.1, 0.15) is 23.1 Å². The molecule has 0 spiro atoms. The van der Waals surface area contributed by atoms with Crippen molar-refractivity contribution in [3.8, 4) is 0 Å². The number of benzene rings is 1. The van der Waals surface area contributed by atoms with Crippen LogP contribution >= 0.6 is 23.3 Å². The fourth-order valence-corrected chi connectivity index (χ4v) is 3.04. The molecule has 2 unspecified atom stereocenters. The van der Waals surface area contributed by atoms with Gasteiger partial charge in [0.25, 0.3) is 0 Å². The first-order valence-corrected chi connectivity index (χ1v) is 7.15. The van der Waals surface area contributed by atoms with Gasteiger partial charge < -0.3 is 5.32 Å². The summed E-state index contributed by atoms with van der Waals surface area (Å²) >= 11 is 7.28. The smallest absolute Gasteiger partial charge is 0.250 e. The van der Waals surface area contributed by atoms with E-state index >= 15 is 0 Å². The van der Waals surface area contributed by atoms with Gasteiger partial charge in [-0.2, -0.15) is 8.75 Å². The van der Waals surface area contributed by atoms with Gasteiger partial charge in [-0.1, -0.05) is 11.6 Å². The van der Waals surface area contributed by atoms with E-state index in [0.717, 1.165) is 11.7 Å². The zero-order valence-corrected chi connectivity index (χ0v) is 12.3. The number of anilines is 1. The molecule has 1 N–H and O–H groups in total. The van der Waals surface area contributed by atoms with Crippen molar-refractivity contribution in [2.45, 2.75) is 25.9 Å². The quantitative estimate of drug-likeness (QED) is 0.868. The van der Waals surface area contributed by atoms with Crippen molar-refractivity contribution in [1.82, 2.24) is 14.1 Å². The number of amides is 2. The third-order valence-corrected chi connectivity index (χ3v) is 4.17. The summed E-state index contributed by atoms with van der Waals surface area (Å²) in [5.41, 5.74) is 1.66. The van der Waals surface area contributed by atoms with Crippen LogP contribution in [-0.2, 0) is 9.59 Å². The van der Waals surface area contributed by atoms with Crippen molar-refractivity contribution in [3.05, 3.63) is 17.2 Å². The minimum Gasteiger partial charge on any atom is -0.343 e. The Bertz CT molecular complexity index is 717. The molecule has 2 heterocycles. The molecule has 1 aromatic carbocycles. The van der Waals surface area contributed by atoms with E-state index in [9.17, 15) is 9.59 Å². The number of piperazine rings is 1. The van der Waals surface area contributed by atoms with E-state index < -0.39 is 12.1 Å². The Morgan fingerprint density at radius 3 is 2.80 bits per heavy atom. The van der Waals surface area contributed by atoms with E-state index in [1.807, 2.05) is 0 Å². The summed E-state index contributed by atoms with van der Waals surface area (Å²) < 4.78 is 8.33. The van der Waals surface area contributed by atoms with Crippen molar-refractivity contribution in [2.24, 2.45) is 0 Å². The lowest BCUT2D eigenvalue weighted by atomic mass is 10.1. The standard InChI is InChI=1S/C12H11ClN4O2S/c1-5-12(19)17(6(2)11(18)14-5)10-7(13)3-4-8-9(10)16-20-15-8/h3-6H,1-2H3,(H,14,18). The number of hydrogen-bond acceptors (Lipinski definition) is 5. The van der Waals surface area contributed by atoms with Gasteiger partial charge in [-0.3, -0.25) is 14.5 Å². The van der Waals surface area contributed by atoms with Crippen LogP contribution in [0.3, 0.4) is 0 Å². The molecule has 2 atom stereocenters. The van der Waals surface area contributed by atoms with E-state index in [0.29, 0.717) is 21.7 Å². The Balaban J connectivity index is 2.22. The molecule has 0 bridgehead atoms. The maximum atomic E-state index is 12.4. The molecule has 20 heavy (non-hydrogen) atoms. The predicted octanol–water partition coefficient (Wildman–Crippen LogP) is 1.58. The first-order chi connectivity index (χ1) is 9.50. The number of aromatic nitrogens is 2. The molecule has 104 valence electrons. The number of halogens is 1. The molecular weight excluding hydrogens is 300 g/mol. The number of nitrogens with one attached hydrogen (secondary N) is 1. The molecule has 1 aliphatic rings. The number of carbonyl (C=O) groups is 2. The summed E-state index contributed by atoms with van der Waals surface area (Å²) in [6, 6.07) is 2.19. The lowest BCUT2D eigenvalue weighted by Gasteiger charge is -2.36. The van der Waals surface area contributed by atoms with Crippen LogP contribution in [0.2, 0.25) is 5.02 Å². The van der Waals surface area contributed by atoms with Crippen molar-refractivity contribution < 1.29 is 9.59 Å². The fourth-order valence-electron chi connectivity index (χ4n) is 2.26. The van der Waals surface area contributed by atoms with E-state index in [4.69, 9.17) is 11.6 Å². The van der Waals surface area contributed by atoms with E-state index in [-0.39, 0.29) is 11.8 Å². The minimum absolute atomic E-state index is 0.209. The third-order valence-electron chi connectivity index (χ3n) is 3.33. The monoisotopic (exact) mass is 310 g/mol. The predicted molar refractivity (Wildman–Crippen MR) is 77.0 cm³/mol. The van der Waals surface area contributed by atoms with Gasteiger partial charge in [0.2, 0.25) is 11.8 Å². The zero-order chi connectivity index (χ0) is 14.4. The number of carbonyl (C=O) groups excluding carboxylic acids is 2. The van der Waals surface area contributed by atoms with Gasteiger partial charge >= 0.3 is 0 Å². The maximum Gasteiger partial charge on any atom is 0.250 e. The first-order valence-electron chi connectivity index (χ1n) is 6.05. The zero-order valence-electron chi connectivity index (χ0n) is 10.8. The molecule has 1 aromatic heterocycles. The topological polar surface area (TPSA) is 75.2 Å². The van der Waals surface area contributed by atoms with Crippen LogP contribution in [0.25, 0.3) is 11.0 Å². The summed E-state index contributed by atoms with van der Waals surface area (Å²) in [5, 5.41) is 3.01. The van der Waals surface area contributed by atoms with Crippen molar-refractivity contribution in [3.63, 3.8) is 0 Å². The van der Waals surface area contributed by atoms with Crippen LogP contribution in [0.4, 0.5) is 5.69 Å². The maximum absolute atomic E-state index is 12.4. The molecule has 1 saturated heterocycles. The molecule has 0 radical (unpaired) electrons. The molecular formula is C12H11ClN4O2S. The summed E-state index contributed by atoms with van der Waals surface area (Å²) in [5.74, 6) is -0.423. The lowest BCUT2D eigenvalue weighted by Crippen LogP contribution is -2.61. The van der Waals surface area contributed by atoms with Crippen molar-refractivity contribution in [1.29, 1.82) is 0 Å². The van der Waals surface area contributed by atoms with E-state index in [1.165, 1.54) is 4.90 Å². The second-order valence-electron chi connectivity index (χ2n) is 4.64. The van der Waals surface area contributed by atoms with Gasteiger partial charge in [-0.15, -0.1) is 0 Å². The molecule has 6 nitrogen and oxygen atoms in total. The average molecular weight is 311 g/mol. The fraction of sp³-hybridized carbons (Fsp3) is 0.333. The van der Waals surface area contributed by atoms with Crippen molar-refractivity contribution in [2.75, 3.05) is 4.90 Å². The molecule has 2 aromatic rings. The van der Waals surface area contributed by atoms with Crippen LogP contribution in [0.1, 0.15) is 13.8 Å². The molecule has 0 saturated carbocycles. The van der Waals surface area contributed by atoms with Gasteiger partial charge in [-0.25, -0.2) is 0 Å². The molecule has 1 aliphatic heterocycles. The van der Waals surface area contributed by atoms with Crippen LogP contribution in [0.5, 0.6) is 0 Å². The number of fused-ring (bicyclic) bond motifs is 1. The van der Waals surface area contributed by atoms with Gasteiger partial charge in [0, 0.05) is 0 Å². The number of hydrogen-bond donors (Lipinski definition) is 1. The summed E-state index contributed by atoms with van der Waals surface area (Å²) in [7, 11) is 0. The summed E-state index contributed by atoms with van der Waals surface area (Å²) in [4.78, 5) is 25.8. The summed E-state index contributed by atoms with van der Waals surface area (Å²) in [6.45, 7) is 3.31. The number of rotatable bonds is 1. The second kappa shape index (κ2) is 4.68. The number of nitrogens with zero attached hydrogens (tertiary/aromatic N) is 3. The average Bonchev–Trinajstić information content (AvgIpc) is 2.87. The largest absolute Gasteiger partial charge is 0.343 e. The van der Waals surface area contributed by atoms with Crippen LogP contribution in [-0.4, -0.2) is 32.6 Å². The van der Waals surface area contributed by atoms with E-state index in [2.05, 4.69) is 14.1 Å². The highest BCUT2D eigenvalue weighted by Gasteiger charge is 2.38. The molecule has 3 rings (SSSR count). The Kier molecular flexibility index (Phi) is 3.10. The van der Waals surface area contributed by atoms with E-state index in [1.54, 1.807) is 26.0 Å². The Morgan fingerprint density at radius 2 is 2.05 bits per heavy atom. The highest BCUT2D eigenvalue weighted by molar-refractivity contribution is 7.00. The second-order valence-corrected chi connectivity index (χ2v) is 5.58. The van der Waals surface area contributed by atoms with Gasteiger partial charge in [0.15, 0.2) is 0 Å². The minimum atomic E-state index is -0.636. The van der Waals surface area contributed by atoms with Crippen LogP contribution < -0.4 is 10.2 Å². The summed E-state index contributed by atoms with van der Waals surface area (Å²) in [6.07, 6.45) is 0. The molecule has 1 fully saturated rings. The molecule has 2 amide bonds. The Morgan fingerprint density at radius 1 is 1.30 bits per heavy atom. The van der Waals surface area contributed by atoms with Crippen molar-refractivity contribution >= 4 is 51.9 Å². The van der Waals surface area contributed by atoms with Gasteiger partial charge in [0.05, 0.1) is 22.4 Å².